The van der Waals surface area contributed by atoms with E-state index in [1.807, 2.05) is 0 Å². The summed E-state index contributed by atoms with van der Waals surface area (Å²) in [6.07, 6.45) is 41.2. The highest BCUT2D eigenvalue weighted by Gasteiger charge is 2.18. The van der Waals surface area contributed by atoms with Gasteiger partial charge in [-0.3, -0.25) is 9.59 Å². The van der Waals surface area contributed by atoms with Gasteiger partial charge in [0, 0.05) is 34.9 Å². The van der Waals surface area contributed by atoms with Crippen molar-refractivity contribution >= 4 is 31.5 Å². The molecular formula is C44H79ClN2O4S. The van der Waals surface area contributed by atoms with Gasteiger partial charge in [0.2, 0.25) is 0 Å². The number of hydrogen-bond acceptors (Lipinski definition) is 4. The lowest BCUT2D eigenvalue weighted by Crippen LogP contribution is -2.27. The molecule has 2 amide bonds. The topological polar surface area (TPSA) is 92.3 Å². The minimum atomic E-state index is -4.11. The van der Waals surface area contributed by atoms with Gasteiger partial charge >= 0.3 is 0 Å². The molecule has 8 heteroatoms. The average Bonchev–Trinajstić information content (AvgIpc) is 3.13. The number of amides is 2. The number of hydrogen-bond donors (Lipinski definition) is 2. The summed E-state index contributed by atoms with van der Waals surface area (Å²) in [4.78, 5) is 25.6. The third-order valence-electron chi connectivity index (χ3n) is 10.3. The number of nitrogens with one attached hydrogen (secondary N) is 2. The van der Waals surface area contributed by atoms with E-state index in [2.05, 4.69) is 24.5 Å². The van der Waals surface area contributed by atoms with Crippen LogP contribution in [-0.2, 0) is 9.05 Å². The van der Waals surface area contributed by atoms with Crippen LogP contribution >= 0.6 is 10.7 Å². The van der Waals surface area contributed by atoms with Gasteiger partial charge in [0.05, 0.1) is 4.90 Å². The van der Waals surface area contributed by atoms with Crippen LogP contribution in [0, 0.1) is 0 Å². The summed E-state index contributed by atoms with van der Waals surface area (Å²) in [6, 6.07) is 3.95. The van der Waals surface area contributed by atoms with Crippen LogP contribution < -0.4 is 10.6 Å². The minimum absolute atomic E-state index is 0.130. The van der Waals surface area contributed by atoms with Gasteiger partial charge in [-0.05, 0) is 31.0 Å². The number of rotatable bonds is 37. The van der Waals surface area contributed by atoms with Crippen molar-refractivity contribution in [3.05, 3.63) is 29.3 Å². The molecule has 1 rings (SSSR count). The third kappa shape index (κ3) is 27.9. The molecule has 0 aliphatic heterocycles. The maximum Gasteiger partial charge on any atom is 0.261 e. The smallest absolute Gasteiger partial charge is 0.261 e. The highest BCUT2D eigenvalue weighted by molar-refractivity contribution is 8.13. The molecule has 0 aliphatic carbocycles. The Morgan fingerprint density at radius 1 is 0.423 bits per heavy atom. The van der Waals surface area contributed by atoms with Gasteiger partial charge in [0.25, 0.3) is 20.9 Å². The number of halogens is 1. The predicted molar refractivity (Wildman–Crippen MR) is 223 cm³/mol. The summed E-state index contributed by atoms with van der Waals surface area (Å²) < 4.78 is 24.3. The van der Waals surface area contributed by atoms with Crippen molar-refractivity contribution in [2.45, 2.75) is 224 Å². The lowest BCUT2D eigenvalue weighted by molar-refractivity contribution is 0.0952. The first-order valence-corrected chi connectivity index (χ1v) is 24.3. The lowest BCUT2D eigenvalue weighted by Gasteiger charge is -2.10. The van der Waals surface area contributed by atoms with Gasteiger partial charge in [-0.15, -0.1) is 0 Å². The molecule has 2 N–H and O–H groups in total. The van der Waals surface area contributed by atoms with E-state index in [-0.39, 0.29) is 16.0 Å². The molecule has 0 saturated heterocycles. The number of carbonyl (C=O) groups is 2. The second-order valence-corrected chi connectivity index (χ2v) is 17.9. The van der Waals surface area contributed by atoms with Crippen molar-refractivity contribution in [1.29, 1.82) is 0 Å². The number of benzene rings is 1. The van der Waals surface area contributed by atoms with Crippen molar-refractivity contribution in [3.63, 3.8) is 0 Å². The molecule has 6 nitrogen and oxygen atoms in total. The van der Waals surface area contributed by atoms with Gasteiger partial charge in [0.15, 0.2) is 0 Å². The summed E-state index contributed by atoms with van der Waals surface area (Å²) in [7, 11) is 1.52. The molecule has 1 aromatic rings. The first-order chi connectivity index (χ1) is 25.3. The van der Waals surface area contributed by atoms with Gasteiger partial charge in [-0.25, -0.2) is 8.42 Å². The molecule has 0 bridgehead atoms. The fourth-order valence-corrected chi connectivity index (χ4v) is 7.76. The molecule has 1 aromatic carbocycles. The number of carbonyl (C=O) groups excluding carboxylic acids is 2. The van der Waals surface area contributed by atoms with Gasteiger partial charge in [-0.2, -0.15) is 0 Å². The molecule has 0 unspecified atom stereocenters. The molecule has 0 aliphatic rings. The maximum atomic E-state index is 12.9. The second-order valence-electron chi connectivity index (χ2n) is 15.3. The van der Waals surface area contributed by atoms with Crippen LogP contribution in [-0.4, -0.2) is 33.3 Å². The Kier molecular flexibility index (Phi) is 31.6. The second kappa shape index (κ2) is 33.9. The highest BCUT2D eigenvalue weighted by Crippen LogP contribution is 2.20. The van der Waals surface area contributed by atoms with Crippen molar-refractivity contribution in [3.8, 4) is 0 Å². The maximum absolute atomic E-state index is 12.9. The van der Waals surface area contributed by atoms with E-state index in [4.69, 9.17) is 10.7 Å². The third-order valence-corrected chi connectivity index (χ3v) is 11.7. The molecular weight excluding hydrogens is 688 g/mol. The fourth-order valence-electron chi connectivity index (χ4n) is 6.96. The number of unbranched alkanes of at least 4 members (excludes halogenated alkanes) is 30. The molecule has 0 radical (unpaired) electrons. The van der Waals surface area contributed by atoms with Crippen molar-refractivity contribution in [2.24, 2.45) is 0 Å². The SMILES string of the molecule is CCCCCCCCCCCCCCCCCCNC(=O)c1cc(C(=O)NCCCCCCCCCCCCCCCCCC)cc(S(=O)(=O)Cl)c1. The predicted octanol–water partition coefficient (Wildman–Crippen LogP) is 13.6. The summed E-state index contributed by atoms with van der Waals surface area (Å²) in [5, 5.41) is 5.78. The summed E-state index contributed by atoms with van der Waals surface area (Å²) in [5.74, 6) is -0.787. The van der Waals surface area contributed by atoms with Gasteiger partial charge < -0.3 is 10.6 Å². The van der Waals surface area contributed by atoms with Crippen LogP contribution in [0.4, 0.5) is 0 Å². The molecule has 0 saturated carbocycles. The standard InChI is InChI=1S/C44H79ClN2O4S/c1-3-5-7-9-11-13-15-17-19-21-23-25-27-29-31-33-35-46-43(48)40-37-41(39-42(38-40)52(45,50)51)44(49)47-36-34-32-30-28-26-24-22-20-18-16-14-12-10-8-6-4-2/h37-39H,3-36H2,1-2H3,(H,46,48)(H,47,49). The van der Waals surface area contributed by atoms with E-state index in [0.29, 0.717) is 13.1 Å². The first-order valence-electron chi connectivity index (χ1n) is 22.0. The minimum Gasteiger partial charge on any atom is -0.352 e. The van der Waals surface area contributed by atoms with E-state index >= 15 is 0 Å². The normalized spacial score (nSPS) is 11.6. The van der Waals surface area contributed by atoms with E-state index in [1.165, 1.54) is 185 Å². The Bertz CT molecular complexity index is 1060. The van der Waals surface area contributed by atoms with Crippen LogP contribution in [0.1, 0.15) is 240 Å². The molecule has 0 atom stereocenters. The first kappa shape index (κ1) is 48.4. The monoisotopic (exact) mass is 767 g/mol. The molecule has 0 aromatic heterocycles. The lowest BCUT2D eigenvalue weighted by atomic mass is 10.0. The Morgan fingerprint density at radius 2 is 0.654 bits per heavy atom. The van der Waals surface area contributed by atoms with E-state index in [0.717, 1.165) is 38.5 Å². The summed E-state index contributed by atoms with van der Waals surface area (Å²) in [5.41, 5.74) is 0.261. The van der Waals surface area contributed by atoms with Gasteiger partial charge in [-0.1, -0.05) is 206 Å². The summed E-state index contributed by atoms with van der Waals surface area (Å²) >= 11 is 0. The molecule has 52 heavy (non-hydrogen) atoms. The van der Waals surface area contributed by atoms with E-state index in [9.17, 15) is 18.0 Å². The van der Waals surface area contributed by atoms with E-state index in [1.54, 1.807) is 0 Å². The van der Waals surface area contributed by atoms with Gasteiger partial charge in [0.1, 0.15) is 0 Å². The van der Waals surface area contributed by atoms with Crippen LogP contribution in [0.5, 0.6) is 0 Å². The largest absolute Gasteiger partial charge is 0.352 e. The molecule has 0 heterocycles. The Labute approximate surface area is 325 Å². The molecule has 0 fully saturated rings. The van der Waals surface area contributed by atoms with Crippen LogP contribution in [0.3, 0.4) is 0 Å². The van der Waals surface area contributed by atoms with Crippen LogP contribution in [0.2, 0.25) is 0 Å². The van der Waals surface area contributed by atoms with Crippen molar-refractivity contribution in [2.75, 3.05) is 13.1 Å². The zero-order chi connectivity index (χ0) is 38.0. The van der Waals surface area contributed by atoms with Crippen molar-refractivity contribution < 1.29 is 18.0 Å². The van der Waals surface area contributed by atoms with Crippen LogP contribution in [0.25, 0.3) is 0 Å². The Hall–Kier alpha value is -1.60. The Balaban J connectivity index is 2.18. The Morgan fingerprint density at radius 3 is 0.885 bits per heavy atom. The summed E-state index contributed by atoms with van der Waals surface area (Å²) in [6.45, 7) is 5.56. The highest BCUT2D eigenvalue weighted by atomic mass is 35.7. The van der Waals surface area contributed by atoms with Crippen LogP contribution in [0.15, 0.2) is 23.1 Å². The quantitative estimate of drug-likeness (QED) is 0.0521. The average molecular weight is 768 g/mol. The molecule has 0 spiro atoms. The zero-order valence-electron chi connectivity index (χ0n) is 33.7. The van der Waals surface area contributed by atoms with Crippen molar-refractivity contribution in [1.82, 2.24) is 10.6 Å². The van der Waals surface area contributed by atoms with E-state index < -0.39 is 20.9 Å². The fraction of sp³-hybridized carbons (Fsp3) is 0.818. The zero-order valence-corrected chi connectivity index (χ0v) is 35.3. The molecule has 302 valence electrons.